The first-order valence-electron chi connectivity index (χ1n) is 6.26. The monoisotopic (exact) mass is 245 g/mol. The highest BCUT2D eigenvalue weighted by molar-refractivity contribution is 5.32. The molecule has 1 aromatic carbocycles. The van der Waals surface area contributed by atoms with Crippen molar-refractivity contribution in [3.63, 3.8) is 0 Å². The molecule has 0 saturated carbocycles. The molecule has 0 fully saturated rings. The fourth-order valence-electron chi connectivity index (χ4n) is 1.88. The van der Waals surface area contributed by atoms with Crippen molar-refractivity contribution >= 4 is 0 Å². The minimum Gasteiger partial charge on any atom is -0.339 e. The van der Waals surface area contributed by atoms with Gasteiger partial charge in [0.15, 0.2) is 5.82 Å². The fourth-order valence-corrected chi connectivity index (χ4v) is 1.88. The van der Waals surface area contributed by atoms with Gasteiger partial charge in [0.2, 0.25) is 5.89 Å². The van der Waals surface area contributed by atoms with E-state index >= 15 is 0 Å². The molecule has 0 spiro atoms. The van der Waals surface area contributed by atoms with Crippen LogP contribution in [0.15, 0.2) is 22.7 Å². The Bertz CT molecular complexity index is 520. The van der Waals surface area contributed by atoms with Crippen molar-refractivity contribution in [1.82, 2.24) is 10.1 Å². The van der Waals surface area contributed by atoms with E-state index in [4.69, 9.17) is 10.3 Å². The molecule has 2 rings (SSSR count). The minimum absolute atomic E-state index is 0.654. The molecule has 0 unspecified atom stereocenters. The third-order valence-corrected chi connectivity index (χ3v) is 2.96. The van der Waals surface area contributed by atoms with E-state index in [1.54, 1.807) is 0 Å². The molecule has 0 radical (unpaired) electrons. The lowest BCUT2D eigenvalue weighted by molar-refractivity contribution is 0.379. The highest BCUT2D eigenvalue weighted by atomic mass is 16.5. The summed E-state index contributed by atoms with van der Waals surface area (Å²) < 4.78 is 5.26. The van der Waals surface area contributed by atoms with Crippen LogP contribution < -0.4 is 5.73 Å². The van der Waals surface area contributed by atoms with E-state index in [2.05, 4.69) is 42.2 Å². The van der Waals surface area contributed by atoms with E-state index in [0.717, 1.165) is 18.7 Å². The van der Waals surface area contributed by atoms with E-state index in [9.17, 15) is 0 Å². The van der Waals surface area contributed by atoms with Crippen molar-refractivity contribution in [2.75, 3.05) is 6.54 Å². The Balaban J connectivity index is 2.08. The van der Waals surface area contributed by atoms with E-state index < -0.39 is 0 Å². The molecule has 0 atom stereocenters. The van der Waals surface area contributed by atoms with Crippen LogP contribution in [-0.2, 0) is 12.8 Å². The first kappa shape index (κ1) is 12.8. The second kappa shape index (κ2) is 5.78. The Labute approximate surface area is 107 Å². The van der Waals surface area contributed by atoms with Crippen LogP contribution in [-0.4, -0.2) is 16.7 Å². The molecule has 0 aliphatic rings. The quantitative estimate of drug-likeness (QED) is 0.876. The smallest absolute Gasteiger partial charge is 0.231 e. The lowest BCUT2D eigenvalue weighted by atomic mass is 10.0. The molecule has 1 aromatic heterocycles. The Hall–Kier alpha value is -1.68. The van der Waals surface area contributed by atoms with Crippen molar-refractivity contribution in [1.29, 1.82) is 0 Å². The van der Waals surface area contributed by atoms with Crippen LogP contribution in [0.3, 0.4) is 0 Å². The summed E-state index contributed by atoms with van der Waals surface area (Å²) in [6.45, 7) is 4.84. The van der Waals surface area contributed by atoms with Gasteiger partial charge < -0.3 is 10.3 Å². The summed E-state index contributed by atoms with van der Waals surface area (Å²) in [4.78, 5) is 4.38. The van der Waals surface area contributed by atoms with Gasteiger partial charge in [-0.25, -0.2) is 0 Å². The predicted octanol–water partition coefficient (Wildman–Crippen LogP) is 2.17. The molecular formula is C14H19N3O. The van der Waals surface area contributed by atoms with Gasteiger partial charge >= 0.3 is 0 Å². The third kappa shape index (κ3) is 3.17. The molecule has 18 heavy (non-hydrogen) atoms. The summed E-state index contributed by atoms with van der Waals surface area (Å²) in [6.07, 6.45) is 2.37. The SMILES string of the molecule is Cc1ccc(C)c(Cc2nc(CCCN)no2)c1. The summed E-state index contributed by atoms with van der Waals surface area (Å²) in [5.74, 6) is 1.43. The number of aromatic nitrogens is 2. The highest BCUT2D eigenvalue weighted by Crippen LogP contribution is 2.15. The Kier molecular flexibility index (Phi) is 4.10. The maximum atomic E-state index is 5.46. The molecule has 4 nitrogen and oxygen atoms in total. The number of aryl methyl sites for hydroxylation is 3. The normalized spacial score (nSPS) is 10.8. The average molecular weight is 245 g/mol. The van der Waals surface area contributed by atoms with Crippen LogP contribution in [0.25, 0.3) is 0 Å². The zero-order valence-electron chi connectivity index (χ0n) is 10.9. The maximum absolute atomic E-state index is 5.46. The highest BCUT2D eigenvalue weighted by Gasteiger charge is 2.08. The predicted molar refractivity (Wildman–Crippen MR) is 70.4 cm³/mol. The molecule has 4 heteroatoms. The Morgan fingerprint density at radius 1 is 1.28 bits per heavy atom. The van der Waals surface area contributed by atoms with Crippen molar-refractivity contribution in [2.45, 2.75) is 33.1 Å². The second-order valence-electron chi connectivity index (χ2n) is 4.60. The maximum Gasteiger partial charge on any atom is 0.231 e. The topological polar surface area (TPSA) is 64.9 Å². The molecule has 0 amide bonds. The van der Waals surface area contributed by atoms with Crippen LogP contribution in [0, 0.1) is 13.8 Å². The number of hydrogen-bond acceptors (Lipinski definition) is 4. The van der Waals surface area contributed by atoms with E-state index in [-0.39, 0.29) is 0 Å². The molecular weight excluding hydrogens is 226 g/mol. The minimum atomic E-state index is 0.654. The van der Waals surface area contributed by atoms with E-state index in [0.29, 0.717) is 18.9 Å². The summed E-state index contributed by atoms with van der Waals surface area (Å²) in [5.41, 5.74) is 9.20. The second-order valence-corrected chi connectivity index (χ2v) is 4.60. The summed E-state index contributed by atoms with van der Waals surface area (Å²) in [6, 6.07) is 6.40. The van der Waals surface area contributed by atoms with Gasteiger partial charge in [0.1, 0.15) is 0 Å². The molecule has 0 aliphatic carbocycles. The molecule has 96 valence electrons. The van der Waals surface area contributed by atoms with Gasteiger partial charge in [0, 0.05) is 6.42 Å². The van der Waals surface area contributed by atoms with Crippen LogP contribution in [0.1, 0.15) is 34.8 Å². The fraction of sp³-hybridized carbons (Fsp3) is 0.429. The van der Waals surface area contributed by atoms with E-state index in [1.807, 2.05) is 0 Å². The number of hydrogen-bond donors (Lipinski definition) is 1. The first-order valence-corrected chi connectivity index (χ1v) is 6.26. The van der Waals surface area contributed by atoms with Crippen molar-refractivity contribution in [3.8, 4) is 0 Å². The van der Waals surface area contributed by atoms with Gasteiger partial charge in [-0.15, -0.1) is 0 Å². The van der Waals surface area contributed by atoms with Crippen molar-refractivity contribution < 1.29 is 4.52 Å². The van der Waals surface area contributed by atoms with Gasteiger partial charge in [0.25, 0.3) is 0 Å². The third-order valence-electron chi connectivity index (χ3n) is 2.96. The zero-order chi connectivity index (χ0) is 13.0. The van der Waals surface area contributed by atoms with Crippen molar-refractivity contribution in [3.05, 3.63) is 46.6 Å². The number of nitrogens with two attached hydrogens (primary N) is 1. The molecule has 0 aliphatic heterocycles. The molecule has 2 aromatic rings. The van der Waals surface area contributed by atoms with Gasteiger partial charge in [-0.3, -0.25) is 0 Å². The first-order chi connectivity index (χ1) is 8.69. The Morgan fingerprint density at radius 2 is 2.11 bits per heavy atom. The number of rotatable bonds is 5. The lowest BCUT2D eigenvalue weighted by Gasteiger charge is -2.03. The summed E-state index contributed by atoms with van der Waals surface area (Å²) in [5, 5.41) is 3.96. The number of benzene rings is 1. The molecule has 0 saturated heterocycles. The summed E-state index contributed by atoms with van der Waals surface area (Å²) in [7, 11) is 0. The van der Waals surface area contributed by atoms with Gasteiger partial charge in [-0.05, 0) is 37.9 Å². The Morgan fingerprint density at radius 3 is 2.89 bits per heavy atom. The molecule has 1 heterocycles. The van der Waals surface area contributed by atoms with Crippen molar-refractivity contribution in [2.24, 2.45) is 5.73 Å². The number of nitrogens with zero attached hydrogens (tertiary/aromatic N) is 2. The summed E-state index contributed by atoms with van der Waals surface area (Å²) >= 11 is 0. The zero-order valence-corrected chi connectivity index (χ0v) is 10.9. The van der Waals surface area contributed by atoms with E-state index in [1.165, 1.54) is 16.7 Å². The molecule has 0 bridgehead atoms. The average Bonchev–Trinajstić information content (AvgIpc) is 2.79. The lowest BCUT2D eigenvalue weighted by Crippen LogP contribution is -2.01. The van der Waals surface area contributed by atoms with Gasteiger partial charge in [-0.1, -0.05) is 28.9 Å². The molecule has 2 N–H and O–H groups in total. The van der Waals surface area contributed by atoms with Crippen LogP contribution in [0.2, 0.25) is 0 Å². The van der Waals surface area contributed by atoms with Crippen LogP contribution >= 0.6 is 0 Å². The standard InChI is InChI=1S/C14H19N3O/c1-10-5-6-11(2)12(8-10)9-14-16-13(17-18-14)4-3-7-15/h5-6,8H,3-4,7,9,15H2,1-2H3. The van der Waals surface area contributed by atoms with Gasteiger partial charge in [-0.2, -0.15) is 4.98 Å². The van der Waals surface area contributed by atoms with Gasteiger partial charge in [0.05, 0.1) is 6.42 Å². The van der Waals surface area contributed by atoms with Crippen LogP contribution in [0.5, 0.6) is 0 Å². The van der Waals surface area contributed by atoms with Crippen LogP contribution in [0.4, 0.5) is 0 Å². The largest absolute Gasteiger partial charge is 0.339 e.